The van der Waals surface area contributed by atoms with Crippen LogP contribution >= 0.6 is 0 Å². The lowest BCUT2D eigenvalue weighted by Gasteiger charge is -2.30. The largest absolute Gasteiger partial charge is 0.362 e. The minimum Gasteiger partial charge on any atom is -0.362 e. The van der Waals surface area contributed by atoms with Gasteiger partial charge in [0.15, 0.2) is 0 Å². The van der Waals surface area contributed by atoms with Crippen LogP contribution in [0.15, 0.2) is 48.5 Å². The molecule has 0 unspecified atom stereocenters. The number of hydrogen-bond donors (Lipinski definition) is 3. The summed E-state index contributed by atoms with van der Waals surface area (Å²) in [5.74, 6) is 1.61. The van der Waals surface area contributed by atoms with Gasteiger partial charge >= 0.3 is 0 Å². The summed E-state index contributed by atoms with van der Waals surface area (Å²) in [5, 5.41) is 10.6. The highest BCUT2D eigenvalue weighted by Crippen LogP contribution is 2.30. The molecule has 8 heteroatoms. The summed E-state index contributed by atoms with van der Waals surface area (Å²) in [6.07, 6.45) is 5.53. The van der Waals surface area contributed by atoms with Crippen LogP contribution in [0, 0.1) is 5.92 Å². The molecule has 2 aliphatic carbocycles. The minimum absolute atomic E-state index is 0.0430. The molecule has 0 aliphatic heterocycles. The number of carbonyl (C=O) groups excluding carboxylic acids is 2. The number of rotatable bonds is 7. The van der Waals surface area contributed by atoms with Crippen LogP contribution < -0.4 is 20.9 Å². The topological polar surface area (TPSA) is 99.3 Å². The third kappa shape index (κ3) is 5.53. The molecule has 1 aromatic heterocycles. The average Bonchev–Trinajstić information content (AvgIpc) is 3.71. The molecule has 182 valence electrons. The Kier molecular flexibility index (Phi) is 6.53. The van der Waals surface area contributed by atoms with Crippen LogP contribution in [0.4, 0.5) is 17.5 Å². The summed E-state index contributed by atoms with van der Waals surface area (Å²) in [5.41, 5.74) is 2.17. The van der Waals surface area contributed by atoms with Gasteiger partial charge in [0.05, 0.1) is 5.52 Å². The van der Waals surface area contributed by atoms with Crippen LogP contribution in [0.25, 0.3) is 10.9 Å². The van der Waals surface area contributed by atoms with E-state index in [1.54, 1.807) is 12.1 Å². The number of aromatic nitrogens is 2. The molecule has 0 bridgehead atoms. The molecule has 2 amide bonds. The second-order valence-corrected chi connectivity index (χ2v) is 9.79. The number of benzene rings is 2. The molecule has 3 N–H and O–H groups in total. The first-order valence-corrected chi connectivity index (χ1v) is 12.4. The van der Waals surface area contributed by atoms with Gasteiger partial charge in [0.1, 0.15) is 5.82 Å². The van der Waals surface area contributed by atoms with Gasteiger partial charge in [0, 0.05) is 48.7 Å². The van der Waals surface area contributed by atoms with Gasteiger partial charge in [-0.2, -0.15) is 4.98 Å². The first kappa shape index (κ1) is 23.1. The van der Waals surface area contributed by atoms with Crippen molar-refractivity contribution in [1.29, 1.82) is 0 Å². The molecule has 5 rings (SSSR count). The van der Waals surface area contributed by atoms with Gasteiger partial charge in [0.2, 0.25) is 11.9 Å². The van der Waals surface area contributed by atoms with E-state index in [4.69, 9.17) is 9.97 Å². The summed E-state index contributed by atoms with van der Waals surface area (Å²) in [6, 6.07) is 15.6. The van der Waals surface area contributed by atoms with E-state index >= 15 is 0 Å². The third-order valence-electron chi connectivity index (χ3n) is 6.74. The Morgan fingerprint density at radius 2 is 1.63 bits per heavy atom. The van der Waals surface area contributed by atoms with Gasteiger partial charge in [-0.25, -0.2) is 4.98 Å². The van der Waals surface area contributed by atoms with Crippen LogP contribution in [0.3, 0.4) is 0 Å². The Labute approximate surface area is 205 Å². The van der Waals surface area contributed by atoms with Gasteiger partial charge < -0.3 is 20.9 Å². The van der Waals surface area contributed by atoms with Crippen molar-refractivity contribution in [1.82, 2.24) is 15.3 Å². The van der Waals surface area contributed by atoms with Crippen molar-refractivity contribution in [2.45, 2.75) is 50.6 Å². The second-order valence-electron chi connectivity index (χ2n) is 9.79. The summed E-state index contributed by atoms with van der Waals surface area (Å²) >= 11 is 0. The smallest absolute Gasteiger partial charge is 0.251 e. The molecule has 1 heterocycles. The Bertz CT molecular complexity index is 1230. The van der Waals surface area contributed by atoms with Gasteiger partial charge in [-0.05, 0) is 68.9 Å². The molecule has 0 radical (unpaired) electrons. The summed E-state index contributed by atoms with van der Waals surface area (Å²) < 4.78 is 0. The van der Waals surface area contributed by atoms with E-state index in [0.29, 0.717) is 17.2 Å². The standard InChI is InChI=1S/C27H32N6O2/c1-33(2)24-22-8-3-4-9-23(22)31-27(32-24)30-20-14-12-19(13-15-20)28-26(35)18-6-5-7-21(16-18)29-25(34)17-10-11-17/h3-9,16-17,19-20H,10-15H2,1-2H3,(H,28,35)(H,29,34)(H,30,31,32)/t19-,20+. The Hall–Kier alpha value is -3.68. The fourth-order valence-electron chi connectivity index (χ4n) is 4.63. The minimum atomic E-state index is -0.0996. The van der Waals surface area contributed by atoms with Gasteiger partial charge in [-0.3, -0.25) is 9.59 Å². The van der Waals surface area contributed by atoms with Crippen LogP contribution in [-0.4, -0.2) is 48.0 Å². The zero-order valence-electron chi connectivity index (χ0n) is 20.3. The molecular formula is C27H32N6O2. The Balaban J connectivity index is 1.16. The van der Waals surface area contributed by atoms with E-state index in [9.17, 15) is 9.59 Å². The maximum Gasteiger partial charge on any atom is 0.251 e. The lowest BCUT2D eigenvalue weighted by atomic mass is 9.91. The van der Waals surface area contributed by atoms with Crippen molar-refractivity contribution in [2.24, 2.45) is 5.92 Å². The number of carbonyl (C=O) groups is 2. The monoisotopic (exact) mass is 472 g/mol. The zero-order chi connectivity index (χ0) is 24.4. The molecule has 2 aromatic carbocycles. The van der Waals surface area contributed by atoms with Crippen molar-refractivity contribution in [2.75, 3.05) is 29.6 Å². The first-order valence-electron chi connectivity index (χ1n) is 12.4. The van der Waals surface area contributed by atoms with Gasteiger partial charge in [-0.1, -0.05) is 18.2 Å². The number of nitrogens with zero attached hydrogens (tertiary/aromatic N) is 3. The number of para-hydroxylation sites is 1. The quantitative estimate of drug-likeness (QED) is 0.477. The number of amides is 2. The molecule has 2 aliphatic rings. The van der Waals surface area contributed by atoms with Crippen LogP contribution in [-0.2, 0) is 4.79 Å². The summed E-state index contributed by atoms with van der Waals surface area (Å²) in [7, 11) is 3.98. The van der Waals surface area contributed by atoms with E-state index < -0.39 is 0 Å². The lowest BCUT2D eigenvalue weighted by molar-refractivity contribution is -0.117. The van der Waals surface area contributed by atoms with Crippen molar-refractivity contribution in [3.05, 3.63) is 54.1 Å². The molecule has 8 nitrogen and oxygen atoms in total. The van der Waals surface area contributed by atoms with Crippen molar-refractivity contribution in [3.8, 4) is 0 Å². The Morgan fingerprint density at radius 1 is 0.886 bits per heavy atom. The highest BCUT2D eigenvalue weighted by molar-refractivity contribution is 5.98. The van der Waals surface area contributed by atoms with Crippen molar-refractivity contribution >= 4 is 40.2 Å². The van der Waals surface area contributed by atoms with Gasteiger partial charge in [-0.15, -0.1) is 0 Å². The molecule has 2 saturated carbocycles. The van der Waals surface area contributed by atoms with E-state index in [1.807, 2.05) is 55.4 Å². The van der Waals surface area contributed by atoms with Crippen LogP contribution in [0.2, 0.25) is 0 Å². The number of anilines is 3. The predicted molar refractivity (Wildman–Crippen MR) is 139 cm³/mol. The van der Waals surface area contributed by atoms with E-state index in [1.165, 1.54) is 0 Å². The summed E-state index contributed by atoms with van der Waals surface area (Å²) in [6.45, 7) is 0. The molecule has 0 saturated heterocycles. The SMILES string of the molecule is CN(C)c1nc(N[C@H]2CC[C@@H](NC(=O)c3cccc(NC(=O)C4CC4)c3)CC2)nc2ccccc12. The van der Waals surface area contributed by atoms with E-state index in [-0.39, 0.29) is 29.8 Å². The average molecular weight is 473 g/mol. The van der Waals surface area contributed by atoms with Crippen LogP contribution in [0.5, 0.6) is 0 Å². The highest BCUT2D eigenvalue weighted by atomic mass is 16.2. The fourth-order valence-corrected chi connectivity index (χ4v) is 4.63. The fraction of sp³-hybridized carbons (Fsp3) is 0.407. The van der Waals surface area contributed by atoms with E-state index in [2.05, 4.69) is 16.0 Å². The van der Waals surface area contributed by atoms with Gasteiger partial charge in [0.25, 0.3) is 5.91 Å². The zero-order valence-corrected chi connectivity index (χ0v) is 20.3. The first-order chi connectivity index (χ1) is 17.0. The molecular weight excluding hydrogens is 440 g/mol. The molecule has 3 aromatic rings. The number of fused-ring (bicyclic) bond motifs is 1. The Morgan fingerprint density at radius 3 is 2.37 bits per heavy atom. The van der Waals surface area contributed by atoms with Crippen molar-refractivity contribution < 1.29 is 9.59 Å². The molecule has 2 fully saturated rings. The summed E-state index contributed by atoms with van der Waals surface area (Å²) in [4.78, 5) is 36.3. The lowest BCUT2D eigenvalue weighted by Crippen LogP contribution is -2.40. The second kappa shape index (κ2) is 9.90. The molecule has 0 spiro atoms. The van der Waals surface area contributed by atoms with Crippen LogP contribution in [0.1, 0.15) is 48.9 Å². The normalized spacial score (nSPS) is 19.7. The van der Waals surface area contributed by atoms with Crippen molar-refractivity contribution in [3.63, 3.8) is 0 Å². The highest BCUT2D eigenvalue weighted by Gasteiger charge is 2.29. The predicted octanol–water partition coefficient (Wildman–Crippen LogP) is 4.20. The number of hydrogen-bond acceptors (Lipinski definition) is 6. The maximum atomic E-state index is 12.8. The third-order valence-corrected chi connectivity index (χ3v) is 6.74. The number of nitrogens with one attached hydrogen (secondary N) is 3. The maximum absolute atomic E-state index is 12.8. The van der Waals surface area contributed by atoms with E-state index in [0.717, 1.165) is 55.2 Å². The molecule has 0 atom stereocenters. The molecule has 35 heavy (non-hydrogen) atoms.